The van der Waals surface area contributed by atoms with Gasteiger partial charge in [0.05, 0.1) is 11.6 Å². The highest BCUT2D eigenvalue weighted by molar-refractivity contribution is 6.46. The standard InChI is InChI=1S/C23H26N2O4/c1-24(2)18-12-10-16(11-13-18)20-19(21(26)17-8-5-4-6-9-17)22(27)23(28)25(20)14-7-15-29-3/h4-6,8-13,20,26H,7,14-15H2,1-3H3/t20-/m0/s1. The van der Waals surface area contributed by atoms with E-state index in [9.17, 15) is 14.7 Å². The Labute approximate surface area is 171 Å². The van der Waals surface area contributed by atoms with Gasteiger partial charge in [0.25, 0.3) is 11.7 Å². The number of aliphatic hydroxyl groups is 1. The maximum atomic E-state index is 12.9. The highest BCUT2D eigenvalue weighted by atomic mass is 16.5. The third-order valence-corrected chi connectivity index (χ3v) is 5.06. The molecule has 1 amide bonds. The number of aliphatic hydroxyl groups excluding tert-OH is 1. The van der Waals surface area contributed by atoms with Crippen LogP contribution in [0.15, 0.2) is 60.2 Å². The lowest BCUT2D eigenvalue weighted by Gasteiger charge is -2.26. The van der Waals surface area contributed by atoms with Crippen LogP contribution in [0.5, 0.6) is 0 Å². The van der Waals surface area contributed by atoms with E-state index < -0.39 is 17.7 Å². The fourth-order valence-corrected chi connectivity index (χ4v) is 3.54. The maximum Gasteiger partial charge on any atom is 0.295 e. The van der Waals surface area contributed by atoms with Crippen molar-refractivity contribution >= 4 is 23.1 Å². The monoisotopic (exact) mass is 394 g/mol. The van der Waals surface area contributed by atoms with Gasteiger partial charge in [0, 0.05) is 45.6 Å². The van der Waals surface area contributed by atoms with Crippen LogP contribution >= 0.6 is 0 Å². The second-order valence-electron chi connectivity index (χ2n) is 7.19. The van der Waals surface area contributed by atoms with Crippen molar-refractivity contribution in [1.82, 2.24) is 4.90 Å². The second-order valence-corrected chi connectivity index (χ2v) is 7.19. The number of ether oxygens (including phenoxy) is 1. The molecule has 0 aromatic heterocycles. The van der Waals surface area contributed by atoms with E-state index >= 15 is 0 Å². The Morgan fingerprint density at radius 1 is 1.07 bits per heavy atom. The Hall–Kier alpha value is -3.12. The zero-order chi connectivity index (χ0) is 21.0. The van der Waals surface area contributed by atoms with Gasteiger partial charge in [-0.05, 0) is 24.1 Å². The Morgan fingerprint density at radius 2 is 1.72 bits per heavy atom. The summed E-state index contributed by atoms with van der Waals surface area (Å²) in [5.74, 6) is -1.41. The second kappa shape index (κ2) is 8.92. The molecule has 2 aromatic rings. The van der Waals surface area contributed by atoms with Crippen LogP contribution in [-0.2, 0) is 14.3 Å². The van der Waals surface area contributed by atoms with Crippen molar-refractivity contribution in [2.75, 3.05) is 39.3 Å². The Bertz CT molecular complexity index is 904. The molecule has 0 radical (unpaired) electrons. The molecule has 0 spiro atoms. The number of benzene rings is 2. The summed E-state index contributed by atoms with van der Waals surface area (Å²) in [6, 6.07) is 15.9. The summed E-state index contributed by atoms with van der Waals surface area (Å²) >= 11 is 0. The van der Waals surface area contributed by atoms with Crippen molar-refractivity contribution in [1.29, 1.82) is 0 Å². The van der Waals surface area contributed by atoms with E-state index in [4.69, 9.17) is 4.74 Å². The fraction of sp³-hybridized carbons (Fsp3) is 0.304. The number of likely N-dealkylation sites (tertiary alicyclic amines) is 1. The first-order valence-electron chi connectivity index (χ1n) is 9.55. The van der Waals surface area contributed by atoms with Gasteiger partial charge in [-0.1, -0.05) is 42.5 Å². The van der Waals surface area contributed by atoms with Crippen LogP contribution in [0.3, 0.4) is 0 Å². The number of nitrogens with zero attached hydrogens (tertiary/aromatic N) is 2. The van der Waals surface area contributed by atoms with Gasteiger partial charge in [0.15, 0.2) is 0 Å². The molecule has 0 bridgehead atoms. The van der Waals surface area contributed by atoms with Crippen molar-refractivity contribution in [2.24, 2.45) is 0 Å². The molecule has 0 saturated carbocycles. The van der Waals surface area contributed by atoms with Gasteiger partial charge in [-0.3, -0.25) is 9.59 Å². The summed E-state index contributed by atoms with van der Waals surface area (Å²) in [5.41, 5.74) is 2.42. The first-order valence-corrected chi connectivity index (χ1v) is 9.55. The topological polar surface area (TPSA) is 70.1 Å². The van der Waals surface area contributed by atoms with E-state index in [-0.39, 0.29) is 11.3 Å². The molecule has 1 heterocycles. The third-order valence-electron chi connectivity index (χ3n) is 5.06. The van der Waals surface area contributed by atoms with Gasteiger partial charge in [-0.25, -0.2) is 0 Å². The first kappa shape index (κ1) is 20.6. The summed E-state index contributed by atoms with van der Waals surface area (Å²) in [5, 5.41) is 10.9. The first-order chi connectivity index (χ1) is 14.0. The summed E-state index contributed by atoms with van der Waals surface area (Å²) in [4.78, 5) is 29.2. The number of carbonyl (C=O) groups is 2. The van der Waals surface area contributed by atoms with E-state index in [1.807, 2.05) is 49.3 Å². The van der Waals surface area contributed by atoms with Crippen molar-refractivity contribution in [3.8, 4) is 0 Å². The molecule has 0 unspecified atom stereocenters. The quantitative estimate of drug-likeness (QED) is 0.338. The number of carbonyl (C=O) groups excluding carboxylic acids is 2. The van der Waals surface area contributed by atoms with Gasteiger partial charge in [0.1, 0.15) is 5.76 Å². The minimum Gasteiger partial charge on any atom is -0.507 e. The Balaban J connectivity index is 2.09. The average Bonchev–Trinajstić information content (AvgIpc) is 2.99. The lowest BCUT2D eigenvalue weighted by Crippen LogP contribution is -2.31. The van der Waals surface area contributed by atoms with Crippen LogP contribution in [-0.4, -0.2) is 56.1 Å². The number of anilines is 1. The molecule has 1 saturated heterocycles. The van der Waals surface area contributed by atoms with Crippen molar-refractivity contribution in [3.63, 3.8) is 0 Å². The molecule has 1 atom stereocenters. The number of methoxy groups -OCH3 is 1. The molecule has 1 aliphatic heterocycles. The van der Waals surface area contributed by atoms with E-state index in [1.165, 1.54) is 4.90 Å². The van der Waals surface area contributed by atoms with Gasteiger partial charge < -0.3 is 19.6 Å². The number of rotatable bonds is 7. The summed E-state index contributed by atoms with van der Waals surface area (Å²) in [7, 11) is 5.49. The molecule has 1 N–H and O–H groups in total. The number of ketones is 1. The van der Waals surface area contributed by atoms with Crippen LogP contribution in [0.1, 0.15) is 23.6 Å². The van der Waals surface area contributed by atoms with E-state index in [2.05, 4.69) is 0 Å². The molecular formula is C23H26N2O4. The van der Waals surface area contributed by atoms with E-state index in [1.54, 1.807) is 31.4 Å². The predicted molar refractivity (Wildman–Crippen MR) is 113 cm³/mol. The number of Topliss-reactive ketones (excluding diaryl/α,β-unsaturated/α-hetero) is 1. The Kier molecular flexibility index (Phi) is 6.34. The molecule has 3 rings (SSSR count). The van der Waals surface area contributed by atoms with Gasteiger partial charge in [-0.15, -0.1) is 0 Å². The van der Waals surface area contributed by atoms with E-state index in [0.29, 0.717) is 25.1 Å². The van der Waals surface area contributed by atoms with E-state index in [0.717, 1.165) is 11.3 Å². The van der Waals surface area contributed by atoms with Crippen LogP contribution in [0.2, 0.25) is 0 Å². The minimum atomic E-state index is -0.662. The molecule has 0 aliphatic carbocycles. The SMILES string of the molecule is COCCCN1C(=O)C(=O)C(=C(O)c2ccccc2)[C@@H]1c1ccc(N(C)C)cc1. The van der Waals surface area contributed by atoms with Crippen LogP contribution < -0.4 is 4.90 Å². The molecule has 6 nitrogen and oxygen atoms in total. The third kappa shape index (κ3) is 4.17. The van der Waals surface area contributed by atoms with Crippen LogP contribution in [0.4, 0.5) is 5.69 Å². The van der Waals surface area contributed by atoms with Crippen molar-refractivity contribution in [2.45, 2.75) is 12.5 Å². The summed E-state index contributed by atoms with van der Waals surface area (Å²) < 4.78 is 5.10. The minimum absolute atomic E-state index is 0.121. The average molecular weight is 394 g/mol. The Morgan fingerprint density at radius 3 is 2.31 bits per heavy atom. The number of amides is 1. The lowest BCUT2D eigenvalue weighted by atomic mass is 9.95. The predicted octanol–water partition coefficient (Wildman–Crippen LogP) is 3.21. The summed E-state index contributed by atoms with van der Waals surface area (Å²) in [6.07, 6.45) is 0.598. The number of hydrogen-bond donors (Lipinski definition) is 1. The van der Waals surface area contributed by atoms with Crippen molar-refractivity contribution in [3.05, 3.63) is 71.3 Å². The van der Waals surface area contributed by atoms with Crippen LogP contribution in [0, 0.1) is 0 Å². The van der Waals surface area contributed by atoms with Crippen LogP contribution in [0.25, 0.3) is 5.76 Å². The number of hydrogen-bond acceptors (Lipinski definition) is 5. The summed E-state index contributed by atoms with van der Waals surface area (Å²) in [6.45, 7) is 0.845. The normalized spacial score (nSPS) is 18.3. The van der Waals surface area contributed by atoms with Crippen molar-refractivity contribution < 1.29 is 19.4 Å². The highest BCUT2D eigenvalue weighted by Gasteiger charge is 2.45. The zero-order valence-electron chi connectivity index (χ0n) is 17.0. The molecule has 1 aliphatic rings. The fourth-order valence-electron chi connectivity index (χ4n) is 3.54. The zero-order valence-corrected chi connectivity index (χ0v) is 17.0. The highest BCUT2D eigenvalue weighted by Crippen LogP contribution is 2.39. The smallest absolute Gasteiger partial charge is 0.295 e. The van der Waals surface area contributed by atoms with Gasteiger partial charge in [-0.2, -0.15) is 0 Å². The molecule has 1 fully saturated rings. The molecule has 2 aromatic carbocycles. The van der Waals surface area contributed by atoms with Gasteiger partial charge in [0.2, 0.25) is 0 Å². The largest absolute Gasteiger partial charge is 0.507 e. The maximum absolute atomic E-state index is 12.9. The lowest BCUT2D eigenvalue weighted by molar-refractivity contribution is -0.140. The molecule has 29 heavy (non-hydrogen) atoms. The molecular weight excluding hydrogens is 368 g/mol. The van der Waals surface area contributed by atoms with Gasteiger partial charge >= 0.3 is 0 Å². The molecule has 152 valence electrons. The molecule has 6 heteroatoms.